The van der Waals surface area contributed by atoms with Crippen molar-refractivity contribution in [2.75, 3.05) is 42.9 Å². The van der Waals surface area contributed by atoms with E-state index in [0.29, 0.717) is 5.58 Å². The fourth-order valence-electron chi connectivity index (χ4n) is 3.50. The number of hydrogen-bond acceptors (Lipinski definition) is 5. The van der Waals surface area contributed by atoms with Crippen molar-refractivity contribution in [2.24, 2.45) is 0 Å². The molecule has 0 saturated carbocycles. The van der Waals surface area contributed by atoms with E-state index in [2.05, 4.69) is 39.5 Å². The molecule has 0 radical (unpaired) electrons. The highest BCUT2D eigenvalue weighted by molar-refractivity contribution is 7.80. The maximum atomic E-state index is 12.4. The molecule has 2 heterocycles. The van der Waals surface area contributed by atoms with Gasteiger partial charge in [-0.2, -0.15) is 0 Å². The van der Waals surface area contributed by atoms with E-state index < -0.39 is 0 Å². The van der Waals surface area contributed by atoms with E-state index in [1.54, 1.807) is 6.07 Å². The van der Waals surface area contributed by atoms with Crippen LogP contribution < -0.4 is 15.5 Å². The highest BCUT2D eigenvalue weighted by atomic mass is 32.1. The summed E-state index contributed by atoms with van der Waals surface area (Å²) in [6, 6.07) is 17.3. The van der Waals surface area contributed by atoms with E-state index in [1.807, 2.05) is 36.4 Å². The summed E-state index contributed by atoms with van der Waals surface area (Å²) in [6.45, 7) is 7.56. The molecule has 4 rings (SSSR count). The van der Waals surface area contributed by atoms with Crippen molar-refractivity contribution in [2.45, 2.75) is 6.92 Å². The summed E-state index contributed by atoms with van der Waals surface area (Å²) in [5, 5.41) is 6.84. The Morgan fingerprint density at radius 2 is 1.79 bits per heavy atom. The minimum Gasteiger partial charge on any atom is -0.451 e. The summed E-state index contributed by atoms with van der Waals surface area (Å²) >= 11 is 5.28. The van der Waals surface area contributed by atoms with Crippen molar-refractivity contribution in [3.8, 4) is 0 Å². The molecule has 1 aromatic heterocycles. The van der Waals surface area contributed by atoms with Gasteiger partial charge in [0.15, 0.2) is 10.9 Å². The first-order chi connectivity index (χ1) is 14.1. The van der Waals surface area contributed by atoms with Crippen LogP contribution in [0.3, 0.4) is 0 Å². The first-order valence-electron chi connectivity index (χ1n) is 9.80. The summed E-state index contributed by atoms with van der Waals surface area (Å²) in [5.41, 5.74) is 2.70. The van der Waals surface area contributed by atoms with Gasteiger partial charge in [0, 0.05) is 42.9 Å². The molecular weight excluding hydrogens is 384 g/mol. The van der Waals surface area contributed by atoms with E-state index >= 15 is 0 Å². The highest BCUT2D eigenvalue weighted by Crippen LogP contribution is 2.20. The number of thiocarbonyl (C=S) groups is 1. The predicted molar refractivity (Wildman–Crippen MR) is 121 cm³/mol. The van der Waals surface area contributed by atoms with Gasteiger partial charge in [0.2, 0.25) is 0 Å². The Balaban J connectivity index is 1.33. The number of likely N-dealkylation sites (N-methyl/N-ethyl adjacent to an activating group) is 1. The van der Waals surface area contributed by atoms with Gasteiger partial charge in [-0.3, -0.25) is 10.1 Å². The SMILES string of the molecule is CCN1CCN(c2ccc(NC(=S)NC(=O)c3cc4ccccc4o3)cc2)CC1. The van der Waals surface area contributed by atoms with Crippen LogP contribution in [0.4, 0.5) is 11.4 Å². The molecule has 1 amide bonds. The molecule has 0 aliphatic carbocycles. The first-order valence-corrected chi connectivity index (χ1v) is 10.2. The standard InChI is InChI=1S/C22H24N4O2S/c1-2-25-11-13-26(14-12-25)18-9-7-17(8-10-18)23-22(29)24-21(27)20-15-16-5-3-4-6-19(16)28-20/h3-10,15H,2,11-14H2,1H3,(H2,23,24,27,29). The van der Waals surface area contributed by atoms with Crippen molar-refractivity contribution in [1.29, 1.82) is 0 Å². The predicted octanol–water partition coefficient (Wildman–Crippen LogP) is 3.70. The number of benzene rings is 2. The third kappa shape index (κ3) is 4.58. The molecule has 1 aliphatic heterocycles. The number of piperazine rings is 1. The van der Waals surface area contributed by atoms with Crippen molar-refractivity contribution < 1.29 is 9.21 Å². The molecule has 1 saturated heterocycles. The number of fused-ring (bicyclic) bond motifs is 1. The summed E-state index contributed by atoms with van der Waals surface area (Å²) in [6.07, 6.45) is 0. The summed E-state index contributed by atoms with van der Waals surface area (Å²) in [7, 11) is 0. The van der Waals surface area contributed by atoms with E-state index in [0.717, 1.165) is 43.8 Å². The minimum absolute atomic E-state index is 0.233. The topological polar surface area (TPSA) is 60.8 Å². The van der Waals surface area contributed by atoms with Crippen LogP contribution in [0.1, 0.15) is 17.5 Å². The number of rotatable bonds is 4. The summed E-state index contributed by atoms with van der Waals surface area (Å²) in [4.78, 5) is 17.2. The smallest absolute Gasteiger partial charge is 0.293 e. The average Bonchev–Trinajstić information content (AvgIpc) is 3.19. The van der Waals surface area contributed by atoms with Crippen molar-refractivity contribution in [1.82, 2.24) is 10.2 Å². The van der Waals surface area contributed by atoms with Gasteiger partial charge in [-0.05, 0) is 55.2 Å². The molecule has 3 aromatic rings. The molecule has 29 heavy (non-hydrogen) atoms. The number of amides is 1. The highest BCUT2D eigenvalue weighted by Gasteiger charge is 2.16. The van der Waals surface area contributed by atoms with Crippen LogP contribution in [0.5, 0.6) is 0 Å². The van der Waals surface area contributed by atoms with Gasteiger partial charge < -0.3 is 19.5 Å². The second-order valence-electron chi connectivity index (χ2n) is 7.02. The molecular formula is C22H24N4O2S. The lowest BCUT2D eigenvalue weighted by Gasteiger charge is -2.35. The molecule has 150 valence electrons. The Hall–Kier alpha value is -2.90. The molecule has 0 bridgehead atoms. The maximum absolute atomic E-state index is 12.4. The lowest BCUT2D eigenvalue weighted by molar-refractivity contribution is 0.0953. The molecule has 1 aliphatic rings. The van der Waals surface area contributed by atoms with E-state index in [9.17, 15) is 4.79 Å². The molecule has 2 N–H and O–H groups in total. The molecule has 6 nitrogen and oxygen atoms in total. The fourth-order valence-corrected chi connectivity index (χ4v) is 3.71. The van der Waals surface area contributed by atoms with Crippen LogP contribution in [-0.2, 0) is 0 Å². The molecule has 0 unspecified atom stereocenters. The van der Waals surface area contributed by atoms with Gasteiger partial charge in [0.05, 0.1) is 0 Å². The maximum Gasteiger partial charge on any atom is 0.293 e. The number of hydrogen-bond donors (Lipinski definition) is 2. The van der Waals surface area contributed by atoms with Crippen LogP contribution in [0, 0.1) is 0 Å². The van der Waals surface area contributed by atoms with E-state index in [4.69, 9.17) is 16.6 Å². The molecule has 0 spiro atoms. The Morgan fingerprint density at radius 3 is 2.48 bits per heavy atom. The monoisotopic (exact) mass is 408 g/mol. The van der Waals surface area contributed by atoms with Gasteiger partial charge in [-0.1, -0.05) is 25.1 Å². The number of anilines is 2. The Kier molecular flexibility index (Phi) is 5.78. The number of carbonyl (C=O) groups excluding carboxylic acids is 1. The third-order valence-electron chi connectivity index (χ3n) is 5.19. The van der Waals surface area contributed by atoms with E-state index in [-0.39, 0.29) is 16.8 Å². The van der Waals surface area contributed by atoms with Gasteiger partial charge in [-0.15, -0.1) is 0 Å². The van der Waals surface area contributed by atoms with Gasteiger partial charge in [-0.25, -0.2) is 0 Å². The van der Waals surface area contributed by atoms with Crippen LogP contribution in [0.25, 0.3) is 11.0 Å². The zero-order chi connectivity index (χ0) is 20.2. The van der Waals surface area contributed by atoms with Crippen LogP contribution in [-0.4, -0.2) is 48.6 Å². The summed E-state index contributed by atoms with van der Waals surface area (Å²) < 4.78 is 5.57. The zero-order valence-corrected chi connectivity index (χ0v) is 17.2. The number of furan rings is 1. The number of nitrogens with one attached hydrogen (secondary N) is 2. The van der Waals surface area contributed by atoms with Crippen LogP contribution in [0.15, 0.2) is 59.0 Å². The van der Waals surface area contributed by atoms with Crippen molar-refractivity contribution in [3.63, 3.8) is 0 Å². The lowest BCUT2D eigenvalue weighted by atomic mass is 10.2. The number of para-hydroxylation sites is 1. The van der Waals surface area contributed by atoms with Gasteiger partial charge in [0.1, 0.15) is 5.58 Å². The third-order valence-corrected chi connectivity index (χ3v) is 5.39. The van der Waals surface area contributed by atoms with E-state index in [1.165, 1.54) is 5.69 Å². The molecule has 0 atom stereocenters. The normalized spacial score (nSPS) is 14.7. The van der Waals surface area contributed by atoms with Gasteiger partial charge >= 0.3 is 0 Å². The van der Waals surface area contributed by atoms with Crippen molar-refractivity contribution in [3.05, 3.63) is 60.4 Å². The first kappa shape index (κ1) is 19.4. The number of carbonyl (C=O) groups is 1. The Morgan fingerprint density at radius 1 is 1.07 bits per heavy atom. The second-order valence-corrected chi connectivity index (χ2v) is 7.43. The molecule has 2 aromatic carbocycles. The Bertz CT molecular complexity index is 974. The quantitative estimate of drug-likeness (QED) is 0.642. The molecule has 1 fully saturated rings. The van der Waals surface area contributed by atoms with Gasteiger partial charge in [0.25, 0.3) is 5.91 Å². The number of nitrogens with zero attached hydrogens (tertiary/aromatic N) is 2. The summed E-state index contributed by atoms with van der Waals surface area (Å²) in [5.74, 6) is -0.138. The molecule has 7 heteroatoms. The Labute approximate surface area is 175 Å². The van der Waals surface area contributed by atoms with Crippen molar-refractivity contribution >= 4 is 45.6 Å². The lowest BCUT2D eigenvalue weighted by Crippen LogP contribution is -2.46. The largest absolute Gasteiger partial charge is 0.451 e. The second kappa shape index (κ2) is 8.63. The minimum atomic E-state index is -0.371. The van der Waals surface area contributed by atoms with Crippen LogP contribution >= 0.6 is 12.2 Å². The zero-order valence-electron chi connectivity index (χ0n) is 16.4. The average molecular weight is 409 g/mol. The van der Waals surface area contributed by atoms with Crippen LogP contribution in [0.2, 0.25) is 0 Å². The fraction of sp³-hybridized carbons (Fsp3) is 0.273.